The summed E-state index contributed by atoms with van der Waals surface area (Å²) in [5.41, 5.74) is 1.79. The molecule has 1 N–H and O–H groups in total. The van der Waals surface area contributed by atoms with Crippen LogP contribution < -0.4 is 15.7 Å². The third-order valence-electron chi connectivity index (χ3n) is 4.54. The second-order valence-corrected chi connectivity index (χ2v) is 7.74. The number of thiazole rings is 1. The van der Waals surface area contributed by atoms with Gasteiger partial charge >= 0.3 is 5.63 Å². The first-order valence-electron chi connectivity index (χ1n) is 9.43. The summed E-state index contributed by atoms with van der Waals surface area (Å²) in [7, 11) is 0. The lowest BCUT2D eigenvalue weighted by molar-refractivity contribution is -0.118. The van der Waals surface area contributed by atoms with E-state index in [2.05, 4.69) is 15.3 Å². The van der Waals surface area contributed by atoms with E-state index in [0.29, 0.717) is 17.2 Å². The molecule has 0 radical (unpaired) electrons. The van der Waals surface area contributed by atoms with E-state index in [1.165, 1.54) is 6.07 Å². The number of nitrogens with zero attached hydrogens (tertiary/aromatic N) is 2. The topological polar surface area (TPSA) is 94.3 Å². The summed E-state index contributed by atoms with van der Waals surface area (Å²) in [6, 6.07) is 19.6. The average Bonchev–Trinajstić information content (AvgIpc) is 3.22. The lowest BCUT2D eigenvalue weighted by atomic mass is 10.2. The molecule has 0 saturated carbocycles. The minimum absolute atomic E-state index is 0.204. The zero-order valence-electron chi connectivity index (χ0n) is 16.1. The van der Waals surface area contributed by atoms with Gasteiger partial charge in [-0.05, 0) is 42.5 Å². The Morgan fingerprint density at radius 2 is 1.94 bits per heavy atom. The monoisotopic (exact) mass is 429 g/mol. The van der Waals surface area contributed by atoms with Crippen LogP contribution in [0.5, 0.6) is 5.75 Å². The second kappa shape index (κ2) is 8.00. The SMILES string of the molecule is O=C(COc1ccc2ccc(=O)oc2c1)Nc1ccc(-c2nc3ccccc3s2)cn1. The number of carbonyl (C=O) groups is 1. The molecule has 8 heteroatoms. The maximum Gasteiger partial charge on any atom is 0.336 e. The van der Waals surface area contributed by atoms with Crippen LogP contribution >= 0.6 is 11.3 Å². The molecule has 0 saturated heterocycles. The number of anilines is 1. The smallest absolute Gasteiger partial charge is 0.336 e. The molecular weight excluding hydrogens is 414 g/mol. The molecule has 0 bridgehead atoms. The number of para-hydroxylation sites is 1. The van der Waals surface area contributed by atoms with Gasteiger partial charge in [0.25, 0.3) is 5.91 Å². The van der Waals surface area contributed by atoms with Gasteiger partial charge in [0, 0.05) is 29.3 Å². The van der Waals surface area contributed by atoms with Crippen molar-refractivity contribution in [3.05, 3.63) is 83.3 Å². The molecule has 0 aliphatic rings. The first kappa shape index (κ1) is 19.0. The van der Waals surface area contributed by atoms with Crippen LogP contribution in [-0.2, 0) is 4.79 Å². The fraction of sp³-hybridized carbons (Fsp3) is 0.0435. The van der Waals surface area contributed by atoms with Crippen LogP contribution in [0.4, 0.5) is 5.82 Å². The standard InChI is InChI=1S/C23H15N3O4S/c27-21(13-29-16-8-5-14-7-10-22(28)30-18(14)11-16)26-20-9-6-15(12-24-20)23-25-17-3-1-2-4-19(17)31-23/h1-12H,13H2,(H,24,26,27). The summed E-state index contributed by atoms with van der Waals surface area (Å²) in [5, 5.41) is 4.34. The highest BCUT2D eigenvalue weighted by Crippen LogP contribution is 2.29. The van der Waals surface area contributed by atoms with Gasteiger partial charge in [-0.2, -0.15) is 0 Å². The fourth-order valence-electron chi connectivity index (χ4n) is 3.05. The number of carbonyl (C=O) groups excluding carboxylic acids is 1. The zero-order valence-corrected chi connectivity index (χ0v) is 16.9. The lowest BCUT2D eigenvalue weighted by Gasteiger charge is -2.08. The Bertz CT molecular complexity index is 1420. The number of nitrogens with one attached hydrogen (secondary N) is 1. The summed E-state index contributed by atoms with van der Waals surface area (Å²) in [4.78, 5) is 32.5. The van der Waals surface area contributed by atoms with E-state index in [-0.39, 0.29) is 12.5 Å². The highest BCUT2D eigenvalue weighted by atomic mass is 32.1. The van der Waals surface area contributed by atoms with Gasteiger partial charge in [-0.1, -0.05) is 12.1 Å². The van der Waals surface area contributed by atoms with Crippen molar-refractivity contribution < 1.29 is 13.9 Å². The number of hydrogen-bond donors (Lipinski definition) is 1. The number of amides is 1. The fourth-order valence-corrected chi connectivity index (χ4v) is 4.00. The third kappa shape index (κ3) is 4.15. The Labute approximate surface area is 180 Å². The van der Waals surface area contributed by atoms with Crippen molar-refractivity contribution in [2.24, 2.45) is 0 Å². The van der Waals surface area contributed by atoms with Crippen LogP contribution in [0, 0.1) is 0 Å². The highest BCUT2D eigenvalue weighted by molar-refractivity contribution is 7.21. The molecule has 2 aromatic carbocycles. The van der Waals surface area contributed by atoms with E-state index in [9.17, 15) is 9.59 Å². The summed E-state index contributed by atoms with van der Waals surface area (Å²) >= 11 is 1.59. The Balaban J connectivity index is 1.23. The molecule has 0 atom stereocenters. The number of aromatic nitrogens is 2. The van der Waals surface area contributed by atoms with Crippen molar-refractivity contribution >= 4 is 44.2 Å². The Morgan fingerprint density at radius 1 is 1.06 bits per heavy atom. The van der Waals surface area contributed by atoms with Gasteiger partial charge in [0.1, 0.15) is 22.2 Å². The van der Waals surface area contributed by atoms with Crippen molar-refractivity contribution in [1.82, 2.24) is 9.97 Å². The quantitative estimate of drug-likeness (QED) is 0.414. The van der Waals surface area contributed by atoms with Crippen LogP contribution in [0.1, 0.15) is 0 Å². The van der Waals surface area contributed by atoms with E-state index in [0.717, 1.165) is 26.2 Å². The van der Waals surface area contributed by atoms with Crippen molar-refractivity contribution in [2.75, 3.05) is 11.9 Å². The molecule has 152 valence electrons. The molecule has 0 spiro atoms. The first-order valence-corrected chi connectivity index (χ1v) is 10.2. The predicted molar refractivity (Wildman–Crippen MR) is 119 cm³/mol. The van der Waals surface area contributed by atoms with Crippen LogP contribution in [0.2, 0.25) is 0 Å². The molecule has 31 heavy (non-hydrogen) atoms. The molecule has 1 amide bonds. The van der Waals surface area contributed by atoms with E-state index in [1.807, 2.05) is 30.3 Å². The van der Waals surface area contributed by atoms with Crippen LogP contribution in [0.3, 0.4) is 0 Å². The number of hydrogen-bond acceptors (Lipinski definition) is 7. The molecule has 7 nitrogen and oxygen atoms in total. The molecular formula is C23H15N3O4S. The van der Waals surface area contributed by atoms with Gasteiger partial charge in [0.2, 0.25) is 0 Å². The number of pyridine rings is 1. The number of fused-ring (bicyclic) bond motifs is 2. The number of ether oxygens (including phenoxy) is 1. The normalized spacial score (nSPS) is 11.0. The molecule has 0 aliphatic carbocycles. The summed E-state index contributed by atoms with van der Waals surface area (Å²) in [6.45, 7) is -0.204. The van der Waals surface area contributed by atoms with Gasteiger partial charge in [0.15, 0.2) is 6.61 Å². The second-order valence-electron chi connectivity index (χ2n) is 6.71. The van der Waals surface area contributed by atoms with Crippen molar-refractivity contribution in [1.29, 1.82) is 0 Å². The Kier molecular flexibility index (Phi) is 4.89. The number of benzene rings is 2. The molecule has 0 aliphatic heterocycles. The average molecular weight is 429 g/mol. The van der Waals surface area contributed by atoms with E-state index >= 15 is 0 Å². The van der Waals surface area contributed by atoms with Gasteiger partial charge in [0.05, 0.1) is 10.2 Å². The van der Waals surface area contributed by atoms with Gasteiger partial charge in [-0.3, -0.25) is 4.79 Å². The zero-order chi connectivity index (χ0) is 21.2. The van der Waals surface area contributed by atoms with Crippen LogP contribution in [-0.4, -0.2) is 22.5 Å². The Hall–Kier alpha value is -4.04. The number of rotatable bonds is 5. The molecule has 3 aromatic heterocycles. The Morgan fingerprint density at radius 3 is 2.77 bits per heavy atom. The van der Waals surface area contributed by atoms with Crippen molar-refractivity contribution in [2.45, 2.75) is 0 Å². The van der Waals surface area contributed by atoms with Crippen molar-refractivity contribution in [3.8, 4) is 16.3 Å². The largest absolute Gasteiger partial charge is 0.484 e. The molecule has 5 aromatic rings. The third-order valence-corrected chi connectivity index (χ3v) is 5.62. The van der Waals surface area contributed by atoms with Gasteiger partial charge < -0.3 is 14.5 Å². The van der Waals surface area contributed by atoms with E-state index in [4.69, 9.17) is 9.15 Å². The maximum atomic E-state index is 12.2. The van der Waals surface area contributed by atoms with Crippen LogP contribution in [0.15, 0.2) is 82.1 Å². The predicted octanol–water partition coefficient (Wildman–Crippen LogP) is 4.48. The first-order chi connectivity index (χ1) is 15.1. The summed E-state index contributed by atoms with van der Waals surface area (Å²) < 4.78 is 11.7. The van der Waals surface area contributed by atoms with E-state index < -0.39 is 5.63 Å². The van der Waals surface area contributed by atoms with Gasteiger partial charge in [-0.15, -0.1) is 11.3 Å². The van der Waals surface area contributed by atoms with Gasteiger partial charge in [-0.25, -0.2) is 14.8 Å². The van der Waals surface area contributed by atoms with Crippen LogP contribution in [0.25, 0.3) is 31.8 Å². The van der Waals surface area contributed by atoms with Crippen molar-refractivity contribution in [3.63, 3.8) is 0 Å². The van der Waals surface area contributed by atoms with E-state index in [1.54, 1.807) is 47.9 Å². The minimum atomic E-state index is -0.442. The minimum Gasteiger partial charge on any atom is -0.484 e. The molecule has 5 rings (SSSR count). The summed E-state index contributed by atoms with van der Waals surface area (Å²) in [6.07, 6.45) is 1.68. The molecule has 0 fully saturated rings. The summed E-state index contributed by atoms with van der Waals surface area (Å²) in [5.74, 6) is 0.494. The highest BCUT2D eigenvalue weighted by Gasteiger charge is 2.09. The lowest BCUT2D eigenvalue weighted by Crippen LogP contribution is -2.20. The molecule has 3 heterocycles. The maximum absolute atomic E-state index is 12.2. The molecule has 0 unspecified atom stereocenters.